The van der Waals surface area contributed by atoms with E-state index in [1.165, 1.54) is 0 Å². The quantitative estimate of drug-likeness (QED) is 0.509. The maximum atomic E-state index is 6.12. The number of anilines is 1. The maximum absolute atomic E-state index is 6.12. The molecule has 0 amide bonds. The van der Waals surface area contributed by atoms with Gasteiger partial charge in [-0.15, -0.1) is 0 Å². The first kappa shape index (κ1) is 11.7. The molecule has 0 atom stereocenters. The van der Waals surface area contributed by atoms with Crippen molar-refractivity contribution in [3.05, 3.63) is 33.0 Å². The van der Waals surface area contributed by atoms with Crippen molar-refractivity contribution in [3.8, 4) is 11.3 Å². The Morgan fingerprint density at radius 3 is 2.78 bits per heavy atom. The largest absolute Gasteiger partial charge is 0.368 e. The number of hydrogen-bond acceptors (Lipinski definition) is 4. The highest BCUT2D eigenvalue weighted by Crippen LogP contribution is 2.32. The van der Waals surface area contributed by atoms with Crippen molar-refractivity contribution >= 4 is 51.2 Å². The van der Waals surface area contributed by atoms with Gasteiger partial charge in [-0.1, -0.05) is 29.8 Å². The fraction of sp³-hybridized carbons (Fsp3) is 0. The number of H-pyrrole nitrogens is 1. The van der Waals surface area contributed by atoms with Gasteiger partial charge < -0.3 is 5.73 Å². The Bertz CT molecular complexity index is 739. The van der Waals surface area contributed by atoms with E-state index in [0.717, 1.165) is 14.8 Å². The molecule has 0 saturated carbocycles. The molecule has 0 aliphatic heterocycles. The summed E-state index contributed by atoms with van der Waals surface area (Å²) in [5.74, 6) is 0.119. The lowest BCUT2D eigenvalue weighted by molar-refractivity contribution is 1.09. The standard InChI is InChI=1S/C11H7ClIN5/c12-9-7-8(5-3-1-2-4-6(5)13)17-18-10(7)16-11(14)15-9/h1-4H,(H3,14,15,16,17,18). The van der Waals surface area contributed by atoms with E-state index in [1.54, 1.807) is 0 Å². The Balaban J connectivity index is 2.35. The van der Waals surface area contributed by atoms with Gasteiger partial charge in [-0.3, -0.25) is 5.10 Å². The second kappa shape index (κ2) is 4.36. The van der Waals surface area contributed by atoms with Crippen LogP contribution in [0.2, 0.25) is 5.15 Å². The summed E-state index contributed by atoms with van der Waals surface area (Å²) in [6.07, 6.45) is 0. The molecule has 3 N–H and O–H groups in total. The molecule has 0 spiro atoms. The maximum Gasteiger partial charge on any atom is 0.223 e. The predicted octanol–water partition coefficient (Wildman–Crippen LogP) is 2.86. The molecule has 2 aromatic heterocycles. The third-order valence-electron chi connectivity index (χ3n) is 2.53. The van der Waals surface area contributed by atoms with Gasteiger partial charge in [0.15, 0.2) is 5.65 Å². The Kier molecular flexibility index (Phi) is 2.83. The molecule has 3 rings (SSSR count). The SMILES string of the molecule is Nc1nc(Cl)c2c(-c3ccccc3I)[nH]nc2n1. The number of halogens is 2. The third-order valence-corrected chi connectivity index (χ3v) is 3.74. The zero-order valence-electron chi connectivity index (χ0n) is 8.98. The van der Waals surface area contributed by atoms with Crippen LogP contribution in [0.4, 0.5) is 5.95 Å². The number of nitrogens with zero attached hydrogens (tertiary/aromatic N) is 3. The van der Waals surface area contributed by atoms with E-state index in [1.807, 2.05) is 24.3 Å². The highest BCUT2D eigenvalue weighted by atomic mass is 127. The lowest BCUT2D eigenvalue weighted by atomic mass is 10.1. The van der Waals surface area contributed by atoms with Gasteiger partial charge in [-0.05, 0) is 28.7 Å². The van der Waals surface area contributed by atoms with Gasteiger partial charge >= 0.3 is 0 Å². The lowest BCUT2D eigenvalue weighted by Gasteiger charge is -2.02. The number of fused-ring (bicyclic) bond motifs is 1. The van der Waals surface area contributed by atoms with Crippen LogP contribution >= 0.6 is 34.2 Å². The first-order valence-corrected chi connectivity index (χ1v) is 6.54. The molecule has 2 heterocycles. The van der Waals surface area contributed by atoms with E-state index >= 15 is 0 Å². The van der Waals surface area contributed by atoms with E-state index in [2.05, 4.69) is 42.8 Å². The minimum absolute atomic E-state index is 0.119. The molecule has 3 aromatic rings. The van der Waals surface area contributed by atoms with Crippen molar-refractivity contribution in [2.45, 2.75) is 0 Å². The summed E-state index contributed by atoms with van der Waals surface area (Å²) in [7, 11) is 0. The summed E-state index contributed by atoms with van der Waals surface area (Å²) in [6, 6.07) is 7.92. The van der Waals surface area contributed by atoms with Crippen molar-refractivity contribution < 1.29 is 0 Å². The lowest BCUT2D eigenvalue weighted by Crippen LogP contribution is -1.95. The van der Waals surface area contributed by atoms with E-state index in [0.29, 0.717) is 16.2 Å². The summed E-state index contributed by atoms with van der Waals surface area (Å²) >= 11 is 8.37. The van der Waals surface area contributed by atoms with Crippen molar-refractivity contribution in [3.63, 3.8) is 0 Å². The second-order valence-corrected chi connectivity index (χ2v) is 5.17. The van der Waals surface area contributed by atoms with Gasteiger partial charge in [-0.25, -0.2) is 4.98 Å². The smallest absolute Gasteiger partial charge is 0.223 e. The Morgan fingerprint density at radius 2 is 2.00 bits per heavy atom. The molecule has 18 heavy (non-hydrogen) atoms. The van der Waals surface area contributed by atoms with Crippen LogP contribution in [0, 0.1) is 3.57 Å². The zero-order chi connectivity index (χ0) is 12.7. The van der Waals surface area contributed by atoms with Crippen molar-refractivity contribution in [1.82, 2.24) is 20.2 Å². The summed E-state index contributed by atoms with van der Waals surface area (Å²) in [5, 5.41) is 8.05. The normalized spacial score (nSPS) is 11.0. The van der Waals surface area contributed by atoms with Gasteiger partial charge in [0.05, 0.1) is 11.1 Å². The molecule has 0 saturated heterocycles. The zero-order valence-corrected chi connectivity index (χ0v) is 11.9. The highest BCUT2D eigenvalue weighted by molar-refractivity contribution is 14.1. The fourth-order valence-corrected chi connectivity index (χ4v) is 2.68. The molecular formula is C11H7ClIN5. The molecule has 0 unspecified atom stereocenters. The monoisotopic (exact) mass is 371 g/mol. The third kappa shape index (κ3) is 1.81. The predicted molar refractivity (Wildman–Crippen MR) is 79.3 cm³/mol. The molecule has 0 fully saturated rings. The molecule has 7 heteroatoms. The van der Waals surface area contributed by atoms with E-state index in [9.17, 15) is 0 Å². The average Bonchev–Trinajstić information content (AvgIpc) is 2.73. The van der Waals surface area contributed by atoms with Crippen LogP contribution in [0.3, 0.4) is 0 Å². The van der Waals surface area contributed by atoms with Crippen LogP contribution < -0.4 is 5.73 Å². The number of aromatic nitrogens is 4. The molecule has 90 valence electrons. The molecule has 0 aliphatic rings. The summed E-state index contributed by atoms with van der Waals surface area (Å²) in [5.41, 5.74) is 7.83. The molecule has 1 aromatic carbocycles. The van der Waals surface area contributed by atoms with Gasteiger partial charge in [0.1, 0.15) is 5.15 Å². The number of rotatable bonds is 1. The number of nitrogens with one attached hydrogen (secondary N) is 1. The van der Waals surface area contributed by atoms with Crippen LogP contribution in [0.1, 0.15) is 0 Å². The molecule has 0 bridgehead atoms. The van der Waals surface area contributed by atoms with E-state index in [-0.39, 0.29) is 5.95 Å². The van der Waals surface area contributed by atoms with E-state index < -0.39 is 0 Å². The number of nitrogens with two attached hydrogens (primary N) is 1. The second-order valence-electron chi connectivity index (χ2n) is 3.65. The van der Waals surface area contributed by atoms with Crippen LogP contribution in [-0.4, -0.2) is 20.2 Å². The molecule has 5 nitrogen and oxygen atoms in total. The number of benzene rings is 1. The number of aromatic amines is 1. The van der Waals surface area contributed by atoms with Gasteiger partial charge in [0.25, 0.3) is 0 Å². The number of hydrogen-bond donors (Lipinski definition) is 2. The van der Waals surface area contributed by atoms with Crippen molar-refractivity contribution in [2.75, 3.05) is 5.73 Å². The average molecular weight is 372 g/mol. The Hall–Kier alpha value is -1.41. The summed E-state index contributed by atoms with van der Waals surface area (Å²) in [4.78, 5) is 8.01. The Labute approximate surface area is 121 Å². The minimum Gasteiger partial charge on any atom is -0.368 e. The first-order chi connectivity index (χ1) is 8.66. The van der Waals surface area contributed by atoms with Crippen molar-refractivity contribution in [2.24, 2.45) is 0 Å². The first-order valence-electron chi connectivity index (χ1n) is 5.09. The Morgan fingerprint density at radius 1 is 1.22 bits per heavy atom. The molecule has 0 aliphatic carbocycles. The van der Waals surface area contributed by atoms with Crippen LogP contribution in [0.15, 0.2) is 24.3 Å². The van der Waals surface area contributed by atoms with Crippen LogP contribution in [0.25, 0.3) is 22.3 Å². The molecule has 0 radical (unpaired) electrons. The van der Waals surface area contributed by atoms with Gasteiger partial charge in [0, 0.05) is 9.13 Å². The topological polar surface area (TPSA) is 80.5 Å². The fourth-order valence-electron chi connectivity index (χ4n) is 1.76. The van der Waals surface area contributed by atoms with Gasteiger partial charge in [-0.2, -0.15) is 10.1 Å². The minimum atomic E-state index is 0.119. The van der Waals surface area contributed by atoms with Gasteiger partial charge in [0.2, 0.25) is 5.95 Å². The van der Waals surface area contributed by atoms with Crippen molar-refractivity contribution in [1.29, 1.82) is 0 Å². The van der Waals surface area contributed by atoms with Crippen LogP contribution in [0.5, 0.6) is 0 Å². The molecular weight excluding hydrogens is 365 g/mol. The summed E-state index contributed by atoms with van der Waals surface area (Å²) < 4.78 is 1.09. The van der Waals surface area contributed by atoms with Crippen LogP contribution in [-0.2, 0) is 0 Å². The summed E-state index contributed by atoms with van der Waals surface area (Å²) in [6.45, 7) is 0. The highest BCUT2D eigenvalue weighted by Gasteiger charge is 2.15. The number of nitrogen functional groups attached to an aromatic ring is 1. The van der Waals surface area contributed by atoms with E-state index in [4.69, 9.17) is 17.3 Å².